The Hall–Kier alpha value is -2.48. The molecule has 0 aliphatic carbocycles. The van der Waals surface area contributed by atoms with Gasteiger partial charge in [0.1, 0.15) is 6.61 Å². The minimum atomic E-state index is -1.10. The summed E-state index contributed by atoms with van der Waals surface area (Å²) in [6.45, 7) is -0.203. The third-order valence-electron chi connectivity index (χ3n) is 2.21. The summed E-state index contributed by atoms with van der Waals surface area (Å²) >= 11 is 0. The van der Waals surface area contributed by atoms with E-state index in [2.05, 4.69) is 5.16 Å². The number of halogens is 2. The van der Waals surface area contributed by atoms with Crippen molar-refractivity contribution in [1.82, 2.24) is 10.6 Å². The summed E-state index contributed by atoms with van der Waals surface area (Å²) in [5, 5.41) is 3.42. The van der Waals surface area contributed by atoms with Crippen molar-refractivity contribution in [1.29, 1.82) is 0 Å². The zero-order valence-corrected chi connectivity index (χ0v) is 9.52. The van der Waals surface area contributed by atoms with Gasteiger partial charge in [0.15, 0.2) is 23.0 Å². The van der Waals surface area contributed by atoms with Crippen molar-refractivity contribution in [2.45, 2.75) is 6.61 Å². The van der Waals surface area contributed by atoms with Crippen molar-refractivity contribution >= 4 is 5.91 Å². The first-order chi connectivity index (χ1) is 9.11. The molecule has 0 unspecified atom stereocenters. The van der Waals surface area contributed by atoms with Gasteiger partial charge in [0.2, 0.25) is 5.82 Å². The molecule has 19 heavy (non-hydrogen) atoms. The summed E-state index contributed by atoms with van der Waals surface area (Å²) in [4.78, 5) is 11.1. The van der Waals surface area contributed by atoms with E-state index in [4.69, 9.17) is 15.1 Å². The van der Waals surface area contributed by atoms with Crippen molar-refractivity contribution in [3.05, 3.63) is 47.4 Å². The van der Waals surface area contributed by atoms with Crippen LogP contribution in [-0.2, 0) is 6.61 Å². The Labute approximate surface area is 106 Å². The number of ether oxygens (including phenoxy) is 1. The van der Waals surface area contributed by atoms with Crippen molar-refractivity contribution in [2.24, 2.45) is 5.84 Å². The molecule has 8 heteroatoms. The van der Waals surface area contributed by atoms with Crippen LogP contribution in [0.4, 0.5) is 8.78 Å². The smallest absolute Gasteiger partial charge is 0.287 e. The molecule has 0 saturated carbocycles. The fourth-order valence-electron chi connectivity index (χ4n) is 1.31. The minimum absolute atomic E-state index is 0.0409. The second-order valence-electron chi connectivity index (χ2n) is 3.49. The molecule has 0 radical (unpaired) electrons. The van der Waals surface area contributed by atoms with Gasteiger partial charge in [-0.25, -0.2) is 10.2 Å². The molecular formula is C11H9F2N3O3. The summed E-state index contributed by atoms with van der Waals surface area (Å²) in [6.07, 6.45) is 0. The summed E-state index contributed by atoms with van der Waals surface area (Å²) in [5.74, 6) is 2.07. The van der Waals surface area contributed by atoms with Gasteiger partial charge in [-0.1, -0.05) is 11.2 Å². The van der Waals surface area contributed by atoms with Crippen LogP contribution in [0.1, 0.15) is 16.2 Å². The lowest BCUT2D eigenvalue weighted by atomic mass is 10.3. The number of hydrogen-bond donors (Lipinski definition) is 2. The molecule has 0 atom stereocenters. The molecule has 3 N–H and O–H groups in total. The molecule has 2 aromatic rings. The molecule has 0 aliphatic rings. The van der Waals surface area contributed by atoms with E-state index in [1.54, 1.807) is 0 Å². The normalized spacial score (nSPS) is 10.3. The maximum atomic E-state index is 13.3. The Morgan fingerprint density at radius 3 is 3.00 bits per heavy atom. The van der Waals surface area contributed by atoms with E-state index in [0.717, 1.165) is 6.07 Å². The number of amides is 1. The first-order valence-corrected chi connectivity index (χ1v) is 5.15. The predicted octanol–water partition coefficient (Wildman–Crippen LogP) is 1.14. The molecular weight excluding hydrogens is 260 g/mol. The first kappa shape index (κ1) is 13.0. The van der Waals surface area contributed by atoms with Gasteiger partial charge in [-0.05, 0) is 12.1 Å². The van der Waals surface area contributed by atoms with Gasteiger partial charge >= 0.3 is 0 Å². The van der Waals surface area contributed by atoms with Crippen molar-refractivity contribution in [2.75, 3.05) is 0 Å². The van der Waals surface area contributed by atoms with E-state index in [-0.39, 0.29) is 23.8 Å². The number of benzene rings is 1. The largest absolute Gasteiger partial charge is 0.482 e. The number of carbonyl (C=O) groups excluding carboxylic acids is 1. The number of rotatable bonds is 4. The number of hydrogen-bond acceptors (Lipinski definition) is 5. The van der Waals surface area contributed by atoms with Crippen LogP contribution >= 0.6 is 0 Å². The van der Waals surface area contributed by atoms with Gasteiger partial charge in [0.25, 0.3) is 5.91 Å². The SMILES string of the molecule is NNC(=O)c1cc(COc2cccc(F)c2F)on1. The fourth-order valence-corrected chi connectivity index (χ4v) is 1.31. The number of hydrazine groups is 1. The lowest BCUT2D eigenvalue weighted by Crippen LogP contribution is -2.30. The second-order valence-corrected chi connectivity index (χ2v) is 3.49. The van der Waals surface area contributed by atoms with Gasteiger partial charge in [-0.2, -0.15) is 4.39 Å². The number of nitrogens with two attached hydrogens (primary N) is 1. The lowest BCUT2D eigenvalue weighted by Gasteiger charge is -2.04. The van der Waals surface area contributed by atoms with Crippen molar-refractivity contribution in [3.8, 4) is 5.75 Å². The highest BCUT2D eigenvalue weighted by molar-refractivity contribution is 5.91. The summed E-state index contributed by atoms with van der Waals surface area (Å²) in [6, 6.07) is 4.82. The molecule has 100 valence electrons. The van der Waals surface area contributed by atoms with Gasteiger partial charge < -0.3 is 9.26 Å². The summed E-state index contributed by atoms with van der Waals surface area (Å²) in [5.41, 5.74) is 1.83. The van der Waals surface area contributed by atoms with E-state index in [0.29, 0.717) is 0 Å². The molecule has 1 amide bonds. The Bertz CT molecular complexity index is 601. The maximum Gasteiger partial charge on any atom is 0.287 e. The van der Waals surface area contributed by atoms with E-state index >= 15 is 0 Å². The quantitative estimate of drug-likeness (QED) is 0.493. The number of carbonyl (C=O) groups is 1. The molecule has 0 fully saturated rings. The maximum absolute atomic E-state index is 13.3. The zero-order chi connectivity index (χ0) is 13.8. The monoisotopic (exact) mass is 269 g/mol. The standard InChI is InChI=1S/C11H9F2N3O3/c12-7-2-1-3-9(10(7)13)18-5-6-4-8(16-19-6)11(17)15-14/h1-4H,5,14H2,(H,15,17). The number of aromatic nitrogens is 1. The van der Waals surface area contributed by atoms with Gasteiger partial charge in [0, 0.05) is 6.07 Å². The molecule has 0 spiro atoms. The van der Waals surface area contributed by atoms with E-state index in [1.165, 1.54) is 18.2 Å². The van der Waals surface area contributed by atoms with Crippen LogP contribution in [0.25, 0.3) is 0 Å². The predicted molar refractivity (Wildman–Crippen MR) is 58.8 cm³/mol. The summed E-state index contributed by atoms with van der Waals surface area (Å²) in [7, 11) is 0. The molecule has 1 aromatic carbocycles. The molecule has 1 heterocycles. The highest BCUT2D eigenvalue weighted by Crippen LogP contribution is 2.20. The van der Waals surface area contributed by atoms with Crippen LogP contribution in [-0.4, -0.2) is 11.1 Å². The lowest BCUT2D eigenvalue weighted by molar-refractivity contribution is 0.0944. The molecule has 0 aliphatic heterocycles. The Morgan fingerprint density at radius 2 is 2.26 bits per heavy atom. The fraction of sp³-hybridized carbons (Fsp3) is 0.0909. The number of nitrogens with zero attached hydrogens (tertiary/aromatic N) is 1. The molecule has 1 aromatic heterocycles. The van der Waals surface area contributed by atoms with Gasteiger partial charge in [0.05, 0.1) is 0 Å². The molecule has 6 nitrogen and oxygen atoms in total. The topological polar surface area (TPSA) is 90.4 Å². The van der Waals surface area contributed by atoms with Crippen LogP contribution in [0.3, 0.4) is 0 Å². The highest BCUT2D eigenvalue weighted by atomic mass is 19.2. The Balaban J connectivity index is 2.04. The number of nitrogen functional groups attached to an aromatic ring is 1. The van der Waals surface area contributed by atoms with Crippen molar-refractivity contribution in [3.63, 3.8) is 0 Å². The van der Waals surface area contributed by atoms with Crippen LogP contribution in [0, 0.1) is 11.6 Å². The first-order valence-electron chi connectivity index (χ1n) is 5.15. The Kier molecular flexibility index (Phi) is 3.71. The van der Waals surface area contributed by atoms with Crippen molar-refractivity contribution < 1.29 is 22.8 Å². The van der Waals surface area contributed by atoms with Gasteiger partial charge in [-0.15, -0.1) is 0 Å². The highest BCUT2D eigenvalue weighted by Gasteiger charge is 2.13. The zero-order valence-electron chi connectivity index (χ0n) is 9.52. The average Bonchev–Trinajstić information content (AvgIpc) is 2.88. The molecule has 2 rings (SSSR count). The van der Waals surface area contributed by atoms with Crippen LogP contribution in [0.5, 0.6) is 5.75 Å². The third kappa shape index (κ3) is 2.86. The van der Waals surface area contributed by atoms with E-state index in [1.807, 2.05) is 5.43 Å². The van der Waals surface area contributed by atoms with E-state index < -0.39 is 17.5 Å². The molecule has 0 bridgehead atoms. The Morgan fingerprint density at radius 1 is 1.47 bits per heavy atom. The molecule has 0 saturated heterocycles. The second kappa shape index (κ2) is 5.44. The average molecular weight is 269 g/mol. The summed E-state index contributed by atoms with van der Waals surface area (Å²) < 4.78 is 36.0. The number of nitrogens with one attached hydrogen (secondary N) is 1. The van der Waals surface area contributed by atoms with Crippen LogP contribution in [0.2, 0.25) is 0 Å². The van der Waals surface area contributed by atoms with Gasteiger partial charge in [-0.3, -0.25) is 10.2 Å². The van der Waals surface area contributed by atoms with Crippen LogP contribution < -0.4 is 16.0 Å². The van der Waals surface area contributed by atoms with E-state index in [9.17, 15) is 13.6 Å². The third-order valence-corrected chi connectivity index (χ3v) is 2.21. The minimum Gasteiger partial charge on any atom is -0.482 e. The van der Waals surface area contributed by atoms with Crippen LogP contribution in [0.15, 0.2) is 28.8 Å².